The number of carbonyl (C=O) groups is 1. The number of aliphatic hydroxyl groups is 1. The van der Waals surface area contributed by atoms with Crippen LogP contribution in [-0.4, -0.2) is 61.2 Å². The molecule has 2 aromatic carbocycles. The van der Waals surface area contributed by atoms with Crippen LogP contribution >= 0.6 is 11.6 Å². The molecule has 1 heterocycles. The van der Waals surface area contributed by atoms with Crippen LogP contribution in [0, 0.1) is 0 Å². The number of para-hydroxylation sites is 1. The number of halogens is 1. The molecule has 1 atom stereocenters. The Hall–Kier alpha value is -2.08. The lowest BCUT2D eigenvalue weighted by Gasteiger charge is -2.36. The summed E-state index contributed by atoms with van der Waals surface area (Å²) in [6, 6.07) is 15.0. The molecular formula is C21H25ClN2O3. The first-order valence-electron chi connectivity index (χ1n) is 9.16. The SMILES string of the molecule is CC(=O)c1ccccc1OC[C@@H](O)CN1CCN(c2cccc(Cl)c2)CC1. The number of piperazine rings is 1. The molecule has 5 nitrogen and oxygen atoms in total. The van der Waals surface area contributed by atoms with Crippen LogP contribution in [0.2, 0.25) is 5.02 Å². The molecule has 1 fully saturated rings. The zero-order chi connectivity index (χ0) is 19.2. The number of nitrogens with zero attached hydrogens (tertiary/aromatic N) is 2. The average Bonchev–Trinajstić information content (AvgIpc) is 2.67. The van der Waals surface area contributed by atoms with Gasteiger partial charge in [0.1, 0.15) is 18.5 Å². The number of benzene rings is 2. The van der Waals surface area contributed by atoms with Gasteiger partial charge in [0.05, 0.1) is 5.56 Å². The molecular weight excluding hydrogens is 364 g/mol. The van der Waals surface area contributed by atoms with Gasteiger partial charge in [0.2, 0.25) is 0 Å². The summed E-state index contributed by atoms with van der Waals surface area (Å²) in [5, 5.41) is 11.1. The van der Waals surface area contributed by atoms with Crippen LogP contribution in [0.1, 0.15) is 17.3 Å². The summed E-state index contributed by atoms with van der Waals surface area (Å²) in [6.45, 7) is 5.74. The van der Waals surface area contributed by atoms with Gasteiger partial charge >= 0.3 is 0 Å². The van der Waals surface area contributed by atoms with Crippen molar-refractivity contribution < 1.29 is 14.6 Å². The van der Waals surface area contributed by atoms with E-state index in [-0.39, 0.29) is 12.4 Å². The van der Waals surface area contributed by atoms with Crippen LogP contribution in [0.5, 0.6) is 5.75 Å². The predicted molar refractivity (Wildman–Crippen MR) is 108 cm³/mol. The highest BCUT2D eigenvalue weighted by Crippen LogP contribution is 2.21. The van der Waals surface area contributed by atoms with Gasteiger partial charge in [0, 0.05) is 43.4 Å². The first-order valence-corrected chi connectivity index (χ1v) is 9.54. The lowest BCUT2D eigenvalue weighted by atomic mass is 10.1. The Balaban J connectivity index is 1.46. The highest BCUT2D eigenvalue weighted by Gasteiger charge is 2.20. The lowest BCUT2D eigenvalue weighted by Crippen LogP contribution is -2.49. The quantitative estimate of drug-likeness (QED) is 0.738. The molecule has 144 valence electrons. The monoisotopic (exact) mass is 388 g/mol. The molecule has 0 amide bonds. The molecule has 1 N–H and O–H groups in total. The van der Waals surface area contributed by atoms with Gasteiger partial charge < -0.3 is 14.7 Å². The smallest absolute Gasteiger partial charge is 0.163 e. The van der Waals surface area contributed by atoms with E-state index in [1.54, 1.807) is 18.2 Å². The van der Waals surface area contributed by atoms with Crippen molar-refractivity contribution in [1.82, 2.24) is 4.90 Å². The van der Waals surface area contributed by atoms with Crippen LogP contribution in [0.3, 0.4) is 0 Å². The van der Waals surface area contributed by atoms with E-state index in [0.717, 1.165) is 36.9 Å². The molecule has 0 aromatic heterocycles. The van der Waals surface area contributed by atoms with Crippen molar-refractivity contribution in [1.29, 1.82) is 0 Å². The second kappa shape index (κ2) is 9.22. The number of Topliss-reactive ketones (excluding diaryl/α,β-unsaturated/α-hetero) is 1. The average molecular weight is 389 g/mol. The summed E-state index contributed by atoms with van der Waals surface area (Å²) in [5.74, 6) is 0.479. The fourth-order valence-corrected chi connectivity index (χ4v) is 3.47. The maximum Gasteiger partial charge on any atom is 0.163 e. The van der Waals surface area contributed by atoms with Crippen molar-refractivity contribution in [3.05, 3.63) is 59.1 Å². The molecule has 0 bridgehead atoms. The van der Waals surface area contributed by atoms with Crippen molar-refractivity contribution in [2.24, 2.45) is 0 Å². The largest absolute Gasteiger partial charge is 0.490 e. The number of ether oxygens (including phenoxy) is 1. The maximum absolute atomic E-state index is 11.6. The van der Waals surface area contributed by atoms with E-state index in [0.29, 0.717) is 17.9 Å². The molecule has 0 saturated carbocycles. The third-order valence-electron chi connectivity index (χ3n) is 4.71. The number of hydrogen-bond acceptors (Lipinski definition) is 5. The third kappa shape index (κ3) is 5.45. The Bertz CT molecular complexity index is 776. The summed E-state index contributed by atoms with van der Waals surface area (Å²) >= 11 is 6.07. The first-order chi connectivity index (χ1) is 13.0. The van der Waals surface area contributed by atoms with E-state index >= 15 is 0 Å². The number of ketones is 1. The molecule has 1 aliphatic heterocycles. The van der Waals surface area contributed by atoms with Gasteiger partial charge in [-0.25, -0.2) is 0 Å². The van der Waals surface area contributed by atoms with Crippen LogP contribution in [0.15, 0.2) is 48.5 Å². The molecule has 0 unspecified atom stereocenters. The number of carbonyl (C=O) groups excluding carboxylic acids is 1. The molecule has 6 heteroatoms. The molecule has 1 aliphatic rings. The minimum atomic E-state index is -0.609. The van der Waals surface area contributed by atoms with Crippen LogP contribution < -0.4 is 9.64 Å². The number of hydrogen-bond donors (Lipinski definition) is 1. The molecule has 2 aromatic rings. The van der Waals surface area contributed by atoms with Gasteiger partial charge in [-0.3, -0.25) is 9.69 Å². The Morgan fingerprint density at radius 2 is 1.89 bits per heavy atom. The summed E-state index contributed by atoms with van der Waals surface area (Å²) in [4.78, 5) is 16.2. The van der Waals surface area contributed by atoms with Crippen molar-refractivity contribution in [3.63, 3.8) is 0 Å². The Morgan fingerprint density at radius 1 is 1.15 bits per heavy atom. The summed E-state index contributed by atoms with van der Waals surface area (Å²) in [5.41, 5.74) is 1.67. The second-order valence-corrected chi connectivity index (χ2v) is 7.22. The van der Waals surface area contributed by atoms with Crippen molar-refractivity contribution in [3.8, 4) is 5.75 Å². The van der Waals surface area contributed by atoms with Gasteiger partial charge in [-0.1, -0.05) is 29.8 Å². The normalized spacial score (nSPS) is 16.2. The van der Waals surface area contributed by atoms with E-state index in [9.17, 15) is 9.90 Å². The highest BCUT2D eigenvalue weighted by atomic mass is 35.5. The Kier molecular flexibility index (Phi) is 6.72. The molecule has 1 saturated heterocycles. The third-order valence-corrected chi connectivity index (χ3v) is 4.95. The van der Waals surface area contributed by atoms with Crippen molar-refractivity contribution >= 4 is 23.1 Å². The summed E-state index contributed by atoms with van der Waals surface area (Å²) < 4.78 is 5.68. The molecule has 0 radical (unpaired) electrons. The number of β-amino-alcohol motifs (C(OH)–C–C–N with tert-alkyl or cyclic N) is 1. The zero-order valence-electron chi connectivity index (χ0n) is 15.5. The van der Waals surface area contributed by atoms with E-state index in [1.165, 1.54) is 6.92 Å². The van der Waals surface area contributed by atoms with Crippen molar-refractivity contribution in [2.75, 3.05) is 44.2 Å². The fourth-order valence-electron chi connectivity index (χ4n) is 3.28. The van der Waals surface area contributed by atoms with Gasteiger partial charge in [-0.15, -0.1) is 0 Å². The van der Waals surface area contributed by atoms with Gasteiger partial charge in [-0.2, -0.15) is 0 Å². The number of rotatable bonds is 7. The van der Waals surface area contributed by atoms with E-state index in [2.05, 4.69) is 15.9 Å². The molecule has 3 rings (SSSR count). The predicted octanol–water partition coefficient (Wildman–Crippen LogP) is 3.10. The first kappa shape index (κ1) is 19.7. The van der Waals surface area contributed by atoms with E-state index < -0.39 is 6.10 Å². The fraction of sp³-hybridized carbons (Fsp3) is 0.381. The molecule has 27 heavy (non-hydrogen) atoms. The second-order valence-electron chi connectivity index (χ2n) is 6.78. The van der Waals surface area contributed by atoms with E-state index in [4.69, 9.17) is 16.3 Å². The number of aliphatic hydroxyl groups excluding tert-OH is 1. The number of anilines is 1. The van der Waals surface area contributed by atoms with Crippen LogP contribution in [0.4, 0.5) is 5.69 Å². The van der Waals surface area contributed by atoms with Crippen LogP contribution in [-0.2, 0) is 0 Å². The maximum atomic E-state index is 11.6. The Morgan fingerprint density at radius 3 is 2.59 bits per heavy atom. The van der Waals surface area contributed by atoms with Crippen molar-refractivity contribution in [2.45, 2.75) is 13.0 Å². The minimum Gasteiger partial charge on any atom is -0.490 e. The minimum absolute atomic E-state index is 0.0442. The Labute approximate surface area is 165 Å². The summed E-state index contributed by atoms with van der Waals surface area (Å²) in [7, 11) is 0. The highest BCUT2D eigenvalue weighted by molar-refractivity contribution is 6.30. The zero-order valence-corrected chi connectivity index (χ0v) is 16.2. The lowest BCUT2D eigenvalue weighted by molar-refractivity contribution is 0.0656. The van der Waals surface area contributed by atoms with Crippen LogP contribution in [0.25, 0.3) is 0 Å². The summed E-state index contributed by atoms with van der Waals surface area (Å²) in [6.07, 6.45) is -0.609. The standard InChI is InChI=1S/C21H25ClN2O3/c1-16(25)20-7-2-3-8-21(20)27-15-19(26)14-23-9-11-24(12-10-23)18-6-4-5-17(22)13-18/h2-8,13,19,26H,9-12,14-15H2,1H3/t19-/m0/s1. The molecule has 0 spiro atoms. The van der Waals surface area contributed by atoms with Gasteiger partial charge in [-0.05, 0) is 37.3 Å². The topological polar surface area (TPSA) is 53.0 Å². The van der Waals surface area contributed by atoms with Gasteiger partial charge in [0.25, 0.3) is 0 Å². The molecule has 0 aliphatic carbocycles. The van der Waals surface area contributed by atoms with Gasteiger partial charge in [0.15, 0.2) is 5.78 Å². The van der Waals surface area contributed by atoms with E-state index in [1.807, 2.05) is 24.3 Å².